The first-order chi connectivity index (χ1) is 20.6. The van der Waals surface area contributed by atoms with Gasteiger partial charge < -0.3 is 15.0 Å². The van der Waals surface area contributed by atoms with Crippen LogP contribution < -0.4 is 14.4 Å². The molecular weight excluding hydrogens is 569 g/mol. The zero-order valence-corrected chi connectivity index (χ0v) is 25.8. The molecule has 3 aromatic rings. The van der Waals surface area contributed by atoms with E-state index in [0.717, 1.165) is 59.7 Å². The SMILES string of the molecule is CCOc1ccc(S(=O)(=O)N(CC(=O)N(Cc2ccccc2C)[C@@H](C)C(=O)NC2CCCCC2)c2ccc(F)cc2)cc1. The van der Waals surface area contributed by atoms with Crippen LogP contribution in [0.15, 0.2) is 77.7 Å². The fraction of sp³-hybridized carbons (Fsp3) is 0.394. The van der Waals surface area contributed by atoms with Gasteiger partial charge in [0.1, 0.15) is 24.2 Å². The number of hydrogen-bond acceptors (Lipinski definition) is 5. The smallest absolute Gasteiger partial charge is 0.264 e. The van der Waals surface area contributed by atoms with Crippen LogP contribution in [0.2, 0.25) is 0 Å². The van der Waals surface area contributed by atoms with Gasteiger partial charge in [0.05, 0.1) is 17.2 Å². The fourth-order valence-corrected chi connectivity index (χ4v) is 6.67. The number of nitrogens with zero attached hydrogens (tertiary/aromatic N) is 2. The first-order valence-electron chi connectivity index (χ1n) is 14.8. The molecule has 43 heavy (non-hydrogen) atoms. The van der Waals surface area contributed by atoms with Crippen LogP contribution in [0.1, 0.15) is 57.1 Å². The van der Waals surface area contributed by atoms with Crippen LogP contribution in [0.3, 0.4) is 0 Å². The van der Waals surface area contributed by atoms with Crippen LogP contribution in [-0.2, 0) is 26.2 Å². The zero-order valence-electron chi connectivity index (χ0n) is 25.0. The van der Waals surface area contributed by atoms with E-state index in [1.165, 1.54) is 29.2 Å². The summed E-state index contributed by atoms with van der Waals surface area (Å²) in [6.07, 6.45) is 5.01. The van der Waals surface area contributed by atoms with E-state index >= 15 is 0 Å². The Morgan fingerprint density at radius 1 is 0.977 bits per heavy atom. The van der Waals surface area contributed by atoms with E-state index in [-0.39, 0.29) is 29.1 Å². The third-order valence-electron chi connectivity index (χ3n) is 7.84. The van der Waals surface area contributed by atoms with Gasteiger partial charge in [-0.05, 0) is 93.3 Å². The fourth-order valence-electron chi connectivity index (χ4n) is 5.26. The topological polar surface area (TPSA) is 96.0 Å². The van der Waals surface area contributed by atoms with Gasteiger partial charge in [-0.1, -0.05) is 43.5 Å². The molecule has 4 rings (SSSR count). The summed E-state index contributed by atoms with van der Waals surface area (Å²) in [7, 11) is -4.27. The summed E-state index contributed by atoms with van der Waals surface area (Å²) in [5, 5.41) is 3.10. The Labute approximate surface area is 253 Å². The summed E-state index contributed by atoms with van der Waals surface area (Å²) in [6.45, 7) is 5.36. The number of carbonyl (C=O) groups is 2. The Morgan fingerprint density at radius 3 is 2.26 bits per heavy atom. The lowest BCUT2D eigenvalue weighted by molar-refractivity contribution is -0.139. The summed E-state index contributed by atoms with van der Waals surface area (Å²) < 4.78 is 48.2. The number of amides is 2. The quantitative estimate of drug-likeness (QED) is 0.289. The standard InChI is InChI=1S/C33H40FN3O5S/c1-4-42-30-18-20-31(21-19-30)43(40,41)37(29-16-14-27(34)15-17-29)23-32(38)36(22-26-11-9-8-10-24(26)2)25(3)33(39)35-28-12-6-5-7-13-28/h8-11,14-21,25,28H,4-7,12-13,22-23H2,1-3H3,(H,35,39)/t25-/m0/s1. The lowest BCUT2D eigenvalue weighted by Crippen LogP contribution is -2.53. The first kappa shape index (κ1) is 32.0. The zero-order chi connectivity index (χ0) is 31.0. The minimum atomic E-state index is -4.27. The molecule has 0 spiro atoms. The molecule has 230 valence electrons. The molecule has 3 aromatic carbocycles. The third-order valence-corrected chi connectivity index (χ3v) is 9.63. The molecule has 1 fully saturated rings. The summed E-state index contributed by atoms with van der Waals surface area (Å²) in [5.41, 5.74) is 1.91. The molecule has 1 N–H and O–H groups in total. The number of benzene rings is 3. The van der Waals surface area contributed by atoms with E-state index < -0.39 is 34.3 Å². The van der Waals surface area contributed by atoms with E-state index in [0.29, 0.717) is 12.4 Å². The molecule has 10 heteroatoms. The molecule has 1 saturated carbocycles. The Bertz CT molecular complexity index is 1490. The average molecular weight is 610 g/mol. The number of nitrogens with one attached hydrogen (secondary N) is 1. The van der Waals surface area contributed by atoms with Crippen molar-refractivity contribution < 1.29 is 27.1 Å². The molecule has 0 saturated heterocycles. The maximum Gasteiger partial charge on any atom is 0.264 e. The van der Waals surface area contributed by atoms with Gasteiger partial charge in [0.2, 0.25) is 11.8 Å². The van der Waals surface area contributed by atoms with Crippen LogP contribution in [0.5, 0.6) is 5.75 Å². The van der Waals surface area contributed by atoms with Crippen molar-refractivity contribution in [3.8, 4) is 5.75 Å². The lowest BCUT2D eigenvalue weighted by atomic mass is 9.95. The predicted molar refractivity (Wildman–Crippen MR) is 165 cm³/mol. The van der Waals surface area contributed by atoms with Gasteiger partial charge in [-0.25, -0.2) is 12.8 Å². The van der Waals surface area contributed by atoms with Crippen LogP contribution in [0.25, 0.3) is 0 Å². The van der Waals surface area contributed by atoms with Crippen LogP contribution in [0, 0.1) is 12.7 Å². The molecule has 0 unspecified atom stereocenters. The van der Waals surface area contributed by atoms with Crippen LogP contribution in [-0.4, -0.2) is 50.4 Å². The second-order valence-corrected chi connectivity index (χ2v) is 12.7. The number of anilines is 1. The lowest BCUT2D eigenvalue weighted by Gasteiger charge is -2.33. The van der Waals surface area contributed by atoms with Gasteiger partial charge in [-0.3, -0.25) is 13.9 Å². The van der Waals surface area contributed by atoms with Gasteiger partial charge >= 0.3 is 0 Å². The van der Waals surface area contributed by atoms with Gasteiger partial charge in [-0.2, -0.15) is 0 Å². The number of rotatable bonds is 12. The normalized spacial score (nSPS) is 14.5. The Hall–Kier alpha value is -3.92. The third kappa shape index (κ3) is 8.13. The van der Waals surface area contributed by atoms with Crippen molar-refractivity contribution in [2.75, 3.05) is 17.5 Å². The molecule has 2 amide bonds. The minimum Gasteiger partial charge on any atom is -0.494 e. The highest BCUT2D eigenvalue weighted by molar-refractivity contribution is 7.92. The molecule has 0 heterocycles. The summed E-state index contributed by atoms with van der Waals surface area (Å²) >= 11 is 0. The number of ether oxygens (including phenoxy) is 1. The average Bonchev–Trinajstić information content (AvgIpc) is 3.00. The maximum atomic E-state index is 14.1. The van der Waals surface area contributed by atoms with Gasteiger partial charge in [-0.15, -0.1) is 0 Å². The first-order valence-corrected chi connectivity index (χ1v) is 16.2. The number of sulfonamides is 1. The van der Waals surface area contributed by atoms with E-state index in [4.69, 9.17) is 4.74 Å². The number of halogens is 1. The molecule has 0 bridgehead atoms. The van der Waals surface area contributed by atoms with Gasteiger partial charge in [0.15, 0.2) is 0 Å². The second-order valence-electron chi connectivity index (χ2n) is 10.9. The Balaban J connectivity index is 1.67. The Kier molecular flexibility index (Phi) is 10.8. The van der Waals surface area contributed by atoms with Crippen molar-refractivity contribution in [3.05, 3.63) is 89.7 Å². The van der Waals surface area contributed by atoms with E-state index in [2.05, 4.69) is 5.32 Å². The van der Waals surface area contributed by atoms with E-state index in [9.17, 15) is 22.4 Å². The number of hydrogen-bond donors (Lipinski definition) is 1. The van der Waals surface area contributed by atoms with Crippen molar-refractivity contribution in [1.82, 2.24) is 10.2 Å². The molecule has 1 aliphatic rings. The Morgan fingerprint density at radius 2 is 1.63 bits per heavy atom. The molecule has 0 aromatic heterocycles. The highest BCUT2D eigenvalue weighted by atomic mass is 32.2. The molecule has 8 nitrogen and oxygen atoms in total. The summed E-state index contributed by atoms with van der Waals surface area (Å²) in [5.74, 6) is -0.874. The highest BCUT2D eigenvalue weighted by Gasteiger charge is 2.33. The van der Waals surface area contributed by atoms with Crippen molar-refractivity contribution in [1.29, 1.82) is 0 Å². The largest absolute Gasteiger partial charge is 0.494 e. The van der Waals surface area contributed by atoms with Gasteiger partial charge in [0.25, 0.3) is 10.0 Å². The van der Waals surface area contributed by atoms with Crippen molar-refractivity contribution in [3.63, 3.8) is 0 Å². The summed E-state index contributed by atoms with van der Waals surface area (Å²) in [4.78, 5) is 28.9. The van der Waals surface area contributed by atoms with Crippen molar-refractivity contribution in [2.45, 2.75) is 76.4 Å². The monoisotopic (exact) mass is 609 g/mol. The maximum absolute atomic E-state index is 14.1. The minimum absolute atomic E-state index is 0.0508. The second kappa shape index (κ2) is 14.5. The van der Waals surface area contributed by atoms with E-state index in [1.807, 2.05) is 38.1 Å². The number of carbonyl (C=O) groups excluding carboxylic acids is 2. The van der Waals surface area contributed by atoms with E-state index in [1.54, 1.807) is 19.1 Å². The molecule has 0 radical (unpaired) electrons. The van der Waals surface area contributed by atoms with Crippen LogP contribution in [0.4, 0.5) is 10.1 Å². The van der Waals surface area contributed by atoms with Crippen molar-refractivity contribution in [2.24, 2.45) is 0 Å². The molecule has 1 aliphatic carbocycles. The summed E-state index contributed by atoms with van der Waals surface area (Å²) in [6, 6.07) is 17.6. The van der Waals surface area contributed by atoms with Crippen LogP contribution >= 0.6 is 0 Å². The molecule has 0 aliphatic heterocycles. The predicted octanol–water partition coefficient (Wildman–Crippen LogP) is 5.59. The molecule has 1 atom stereocenters. The van der Waals surface area contributed by atoms with Gasteiger partial charge in [0, 0.05) is 12.6 Å². The van der Waals surface area contributed by atoms with Crippen molar-refractivity contribution >= 4 is 27.5 Å². The molecular formula is C33H40FN3O5S. The highest BCUT2D eigenvalue weighted by Crippen LogP contribution is 2.27. The number of aryl methyl sites for hydroxylation is 1.